The number of ether oxygens (including phenoxy) is 2. The van der Waals surface area contributed by atoms with E-state index in [4.69, 9.17) is 30.6 Å². The van der Waals surface area contributed by atoms with Gasteiger partial charge in [0.1, 0.15) is 17.4 Å². The van der Waals surface area contributed by atoms with Gasteiger partial charge < -0.3 is 18.9 Å². The normalized spacial score (nSPS) is 22.0. The number of carbonyl (C=O) groups is 2. The molecule has 4 aromatic rings. The van der Waals surface area contributed by atoms with E-state index in [-0.39, 0.29) is 35.9 Å². The summed E-state index contributed by atoms with van der Waals surface area (Å²) in [6.07, 6.45) is 3.45. The SMILES string of the molecule is COC(=O)c1ccc2nc(N3C[C@@H]4C[C@H]3C[C@@H]4OC(=O)c3c(-c4c(C)cccc4Cl)noc3C3CC3)sc2c1. The third kappa shape index (κ3) is 4.19. The highest BCUT2D eigenvalue weighted by molar-refractivity contribution is 7.22. The number of thiazole rings is 1. The van der Waals surface area contributed by atoms with E-state index in [2.05, 4.69) is 10.1 Å². The first kappa shape index (κ1) is 24.6. The quantitative estimate of drug-likeness (QED) is 0.249. The predicted octanol–water partition coefficient (Wildman–Crippen LogP) is 6.40. The summed E-state index contributed by atoms with van der Waals surface area (Å²) in [5.41, 5.74) is 3.90. The highest BCUT2D eigenvalue weighted by Gasteiger charge is 2.48. The van der Waals surface area contributed by atoms with E-state index in [1.165, 1.54) is 7.11 Å². The molecule has 2 aromatic heterocycles. The van der Waals surface area contributed by atoms with Gasteiger partial charge in [0.05, 0.1) is 27.9 Å². The van der Waals surface area contributed by atoms with Crippen LogP contribution in [-0.2, 0) is 9.47 Å². The standard InChI is InChI=1S/C29H26ClN3O5S/c1-14-4-3-5-19(30)23(14)25-24(26(38-32-25)15-6-7-15)28(35)37-21-12-18-10-17(21)13-33(18)29-31-20-9-8-16(27(34)36-2)11-22(20)39-29/h3-5,8-9,11,15,17-18,21H,6-7,10,12-13H2,1-2H3/t17-,18-,21-/m0/s1. The average Bonchev–Trinajstić information content (AvgIpc) is 3.25. The van der Waals surface area contributed by atoms with Crippen molar-refractivity contribution < 1.29 is 23.6 Å². The molecule has 2 saturated carbocycles. The molecule has 2 aliphatic carbocycles. The first-order valence-electron chi connectivity index (χ1n) is 13.1. The van der Waals surface area contributed by atoms with Crippen molar-refractivity contribution in [2.45, 2.75) is 50.7 Å². The van der Waals surface area contributed by atoms with Crippen molar-refractivity contribution in [3.8, 4) is 11.3 Å². The Hall–Kier alpha value is -3.43. The predicted molar refractivity (Wildman–Crippen MR) is 148 cm³/mol. The molecule has 0 amide bonds. The fourth-order valence-corrected chi connectivity index (χ4v) is 7.39. The van der Waals surface area contributed by atoms with E-state index in [0.29, 0.717) is 33.2 Å². The van der Waals surface area contributed by atoms with Gasteiger partial charge in [0.15, 0.2) is 10.9 Å². The lowest BCUT2D eigenvalue weighted by atomic mass is 10.00. The van der Waals surface area contributed by atoms with Crippen LogP contribution in [0.2, 0.25) is 5.02 Å². The Labute approximate surface area is 233 Å². The number of rotatable bonds is 6. The molecule has 1 saturated heterocycles. The summed E-state index contributed by atoms with van der Waals surface area (Å²) in [6.45, 7) is 2.71. The summed E-state index contributed by atoms with van der Waals surface area (Å²) in [5, 5.41) is 5.76. The molecule has 2 bridgehead atoms. The van der Waals surface area contributed by atoms with Gasteiger partial charge >= 0.3 is 11.9 Å². The van der Waals surface area contributed by atoms with Crippen LogP contribution in [0.4, 0.5) is 5.13 Å². The number of hydrogen-bond donors (Lipinski definition) is 0. The second kappa shape index (κ2) is 9.34. The summed E-state index contributed by atoms with van der Waals surface area (Å²) in [6, 6.07) is 11.3. The summed E-state index contributed by atoms with van der Waals surface area (Å²) >= 11 is 8.10. The Balaban J connectivity index is 1.10. The minimum absolute atomic E-state index is 0.179. The first-order valence-corrected chi connectivity index (χ1v) is 14.3. The van der Waals surface area contributed by atoms with Gasteiger partial charge in [0.25, 0.3) is 0 Å². The van der Waals surface area contributed by atoms with Crippen LogP contribution in [0.25, 0.3) is 21.5 Å². The molecular formula is C29H26ClN3O5S. The van der Waals surface area contributed by atoms with Gasteiger partial charge in [0.2, 0.25) is 0 Å². The molecule has 0 unspecified atom stereocenters. The molecule has 0 N–H and O–H groups in total. The van der Waals surface area contributed by atoms with Crippen LogP contribution < -0.4 is 4.90 Å². The van der Waals surface area contributed by atoms with Crippen molar-refractivity contribution in [1.82, 2.24) is 10.1 Å². The molecule has 2 aromatic carbocycles. The molecule has 1 aliphatic heterocycles. The van der Waals surface area contributed by atoms with Crippen LogP contribution in [0.15, 0.2) is 40.9 Å². The fourth-order valence-electron chi connectivity index (χ4n) is 5.99. The van der Waals surface area contributed by atoms with E-state index in [9.17, 15) is 9.59 Å². The minimum Gasteiger partial charge on any atom is -0.465 e. The van der Waals surface area contributed by atoms with E-state index in [1.54, 1.807) is 23.5 Å². The number of nitrogens with zero attached hydrogens (tertiary/aromatic N) is 3. The zero-order valence-electron chi connectivity index (χ0n) is 21.5. The number of carbonyl (C=O) groups excluding carboxylic acids is 2. The zero-order valence-corrected chi connectivity index (χ0v) is 23.1. The van der Waals surface area contributed by atoms with E-state index >= 15 is 0 Å². The molecule has 3 heterocycles. The number of hydrogen-bond acceptors (Lipinski definition) is 9. The lowest BCUT2D eigenvalue weighted by Gasteiger charge is -2.31. The number of benzene rings is 2. The molecule has 10 heteroatoms. The maximum Gasteiger partial charge on any atom is 0.344 e. The number of aromatic nitrogens is 2. The van der Waals surface area contributed by atoms with Crippen molar-refractivity contribution in [2.75, 3.05) is 18.6 Å². The molecule has 0 spiro atoms. The van der Waals surface area contributed by atoms with Crippen LogP contribution >= 0.6 is 22.9 Å². The van der Waals surface area contributed by atoms with E-state index in [1.807, 2.05) is 31.2 Å². The minimum atomic E-state index is -0.383. The number of aryl methyl sites for hydroxylation is 1. The van der Waals surface area contributed by atoms with Crippen molar-refractivity contribution in [3.05, 3.63) is 63.9 Å². The van der Waals surface area contributed by atoms with Crippen LogP contribution in [0.1, 0.15) is 63.6 Å². The lowest BCUT2D eigenvalue weighted by Crippen LogP contribution is -2.39. The second-order valence-corrected chi connectivity index (χ2v) is 12.0. The Kier molecular flexibility index (Phi) is 5.89. The van der Waals surface area contributed by atoms with Gasteiger partial charge in [-0.15, -0.1) is 0 Å². The van der Waals surface area contributed by atoms with E-state index in [0.717, 1.165) is 53.1 Å². The van der Waals surface area contributed by atoms with Gasteiger partial charge in [-0.25, -0.2) is 14.6 Å². The maximum absolute atomic E-state index is 13.7. The van der Waals surface area contributed by atoms with Crippen LogP contribution in [0.5, 0.6) is 0 Å². The van der Waals surface area contributed by atoms with Crippen LogP contribution in [0, 0.1) is 12.8 Å². The molecule has 3 atom stereocenters. The van der Waals surface area contributed by atoms with E-state index < -0.39 is 0 Å². The molecule has 3 aliphatic rings. The molecule has 7 rings (SSSR count). The summed E-state index contributed by atoms with van der Waals surface area (Å²) in [4.78, 5) is 32.7. The lowest BCUT2D eigenvalue weighted by molar-refractivity contribution is 0.0191. The van der Waals surface area contributed by atoms with Crippen molar-refractivity contribution in [3.63, 3.8) is 0 Å². The second-order valence-electron chi connectivity index (χ2n) is 10.6. The van der Waals surface area contributed by atoms with Crippen molar-refractivity contribution in [2.24, 2.45) is 5.92 Å². The summed E-state index contributed by atoms with van der Waals surface area (Å²) < 4.78 is 17.7. The Bertz CT molecular complexity index is 1610. The Morgan fingerprint density at radius 3 is 2.72 bits per heavy atom. The molecular weight excluding hydrogens is 538 g/mol. The van der Waals surface area contributed by atoms with Crippen LogP contribution in [-0.4, -0.2) is 47.9 Å². The molecule has 39 heavy (non-hydrogen) atoms. The Morgan fingerprint density at radius 1 is 1.15 bits per heavy atom. The van der Waals surface area contributed by atoms with Gasteiger partial charge in [0, 0.05) is 36.4 Å². The highest BCUT2D eigenvalue weighted by Crippen LogP contribution is 2.47. The monoisotopic (exact) mass is 563 g/mol. The van der Waals surface area contributed by atoms with Gasteiger partial charge in [-0.3, -0.25) is 0 Å². The number of piperidine rings is 1. The highest BCUT2D eigenvalue weighted by atomic mass is 35.5. The van der Waals surface area contributed by atoms with Gasteiger partial charge in [-0.2, -0.15) is 0 Å². The molecule has 0 radical (unpaired) electrons. The maximum atomic E-state index is 13.7. The number of anilines is 1. The topological polar surface area (TPSA) is 94.8 Å². The average molecular weight is 564 g/mol. The number of halogens is 1. The third-order valence-electron chi connectivity index (χ3n) is 8.11. The van der Waals surface area contributed by atoms with Gasteiger partial charge in [-0.1, -0.05) is 40.2 Å². The van der Waals surface area contributed by atoms with Crippen LogP contribution in [0.3, 0.4) is 0 Å². The molecule has 200 valence electrons. The molecule has 8 nitrogen and oxygen atoms in total. The Morgan fingerprint density at radius 2 is 2.00 bits per heavy atom. The molecule has 3 fully saturated rings. The zero-order chi connectivity index (χ0) is 26.8. The largest absolute Gasteiger partial charge is 0.465 e. The first-order chi connectivity index (χ1) is 18.9. The summed E-state index contributed by atoms with van der Waals surface area (Å²) in [5.74, 6) is 0.284. The smallest absolute Gasteiger partial charge is 0.344 e. The summed E-state index contributed by atoms with van der Waals surface area (Å²) in [7, 11) is 1.38. The third-order valence-corrected chi connectivity index (χ3v) is 9.48. The number of fused-ring (bicyclic) bond motifs is 3. The number of esters is 2. The van der Waals surface area contributed by atoms with Gasteiger partial charge in [-0.05, 0) is 56.0 Å². The number of methoxy groups -OCH3 is 1. The van der Waals surface area contributed by atoms with Crippen molar-refractivity contribution >= 4 is 50.2 Å². The van der Waals surface area contributed by atoms with Crippen molar-refractivity contribution in [1.29, 1.82) is 0 Å². The fraction of sp³-hybridized carbons (Fsp3) is 0.379.